The van der Waals surface area contributed by atoms with Gasteiger partial charge in [0.1, 0.15) is 5.49 Å². The average Bonchev–Trinajstić information content (AvgIpc) is 2.30. The molecule has 1 aromatic heterocycles. The fourth-order valence-corrected chi connectivity index (χ4v) is 1.80. The summed E-state index contributed by atoms with van der Waals surface area (Å²) in [6, 6.07) is 14.4. The second kappa shape index (κ2) is 4.61. The Bertz CT molecular complexity index is 512. The van der Waals surface area contributed by atoms with Gasteiger partial charge < -0.3 is 4.57 Å². The van der Waals surface area contributed by atoms with E-state index in [-0.39, 0.29) is 0 Å². The van der Waals surface area contributed by atoms with Crippen molar-refractivity contribution in [2.24, 2.45) is 4.99 Å². The Morgan fingerprint density at radius 2 is 1.80 bits per heavy atom. The van der Waals surface area contributed by atoms with E-state index >= 15 is 0 Å². The highest BCUT2D eigenvalue weighted by Gasteiger charge is 1.95. The van der Waals surface area contributed by atoms with E-state index in [1.165, 1.54) is 3.57 Å². The molecule has 76 valence electrons. The molecule has 0 aliphatic carbocycles. The van der Waals surface area contributed by atoms with Crippen LogP contribution in [0.15, 0.2) is 53.7 Å². The van der Waals surface area contributed by atoms with Crippen LogP contribution in [0.5, 0.6) is 0 Å². The van der Waals surface area contributed by atoms with E-state index in [1.54, 1.807) is 7.05 Å². The van der Waals surface area contributed by atoms with Crippen molar-refractivity contribution in [3.8, 4) is 5.69 Å². The second-order valence-electron chi connectivity index (χ2n) is 3.13. The normalized spacial score (nSPS) is 11.7. The molecule has 0 amide bonds. The molecule has 0 saturated heterocycles. The molecule has 2 nitrogen and oxygen atoms in total. The maximum atomic E-state index is 4.23. The van der Waals surface area contributed by atoms with E-state index in [0.717, 1.165) is 11.2 Å². The van der Waals surface area contributed by atoms with Crippen LogP contribution in [0.2, 0.25) is 0 Å². The van der Waals surface area contributed by atoms with Crippen LogP contribution >= 0.6 is 22.6 Å². The maximum Gasteiger partial charge on any atom is 0.131 e. The van der Waals surface area contributed by atoms with Crippen LogP contribution in [-0.4, -0.2) is 11.6 Å². The average molecular weight is 310 g/mol. The Labute approximate surface area is 102 Å². The Morgan fingerprint density at radius 1 is 1.07 bits per heavy atom. The summed E-state index contributed by atoms with van der Waals surface area (Å²) in [5.74, 6) is 0. The lowest BCUT2D eigenvalue weighted by Crippen LogP contribution is -2.17. The summed E-state index contributed by atoms with van der Waals surface area (Å²) in [5, 5.41) is 0. The smallest absolute Gasteiger partial charge is 0.131 e. The van der Waals surface area contributed by atoms with Gasteiger partial charge in [-0.1, -0.05) is 6.07 Å². The molecule has 2 rings (SSSR count). The molecule has 0 spiro atoms. The molecule has 0 radical (unpaired) electrons. The molecular weight excluding hydrogens is 299 g/mol. The Morgan fingerprint density at radius 3 is 2.47 bits per heavy atom. The topological polar surface area (TPSA) is 17.3 Å². The van der Waals surface area contributed by atoms with Gasteiger partial charge in [0.05, 0.1) is 0 Å². The van der Waals surface area contributed by atoms with Crippen LogP contribution in [0.1, 0.15) is 0 Å². The molecular formula is C12H11IN2. The highest BCUT2D eigenvalue weighted by Crippen LogP contribution is 2.09. The van der Waals surface area contributed by atoms with Crippen LogP contribution in [0.4, 0.5) is 0 Å². The molecule has 0 unspecified atom stereocenters. The molecule has 0 bridgehead atoms. The SMILES string of the molecule is C/N=c1\ccccn1-c1ccc(I)cc1. The van der Waals surface area contributed by atoms with Gasteiger partial charge in [0.2, 0.25) is 0 Å². The van der Waals surface area contributed by atoms with E-state index in [2.05, 4.69) is 56.4 Å². The number of rotatable bonds is 1. The highest BCUT2D eigenvalue weighted by molar-refractivity contribution is 14.1. The summed E-state index contributed by atoms with van der Waals surface area (Å²) in [6.07, 6.45) is 2.02. The molecule has 0 saturated carbocycles. The van der Waals surface area contributed by atoms with Crippen molar-refractivity contribution < 1.29 is 0 Å². The lowest BCUT2D eigenvalue weighted by Gasteiger charge is -2.06. The monoisotopic (exact) mass is 310 g/mol. The summed E-state index contributed by atoms with van der Waals surface area (Å²) in [7, 11) is 1.80. The molecule has 0 aliphatic heterocycles. The Balaban J connectivity index is 2.59. The molecule has 0 atom stereocenters. The van der Waals surface area contributed by atoms with Crippen molar-refractivity contribution in [2.75, 3.05) is 7.05 Å². The van der Waals surface area contributed by atoms with Gasteiger partial charge in [-0.05, 0) is 59.0 Å². The zero-order chi connectivity index (χ0) is 10.7. The van der Waals surface area contributed by atoms with Gasteiger partial charge in [-0.3, -0.25) is 4.99 Å². The maximum absolute atomic E-state index is 4.23. The zero-order valence-electron chi connectivity index (χ0n) is 8.39. The van der Waals surface area contributed by atoms with Gasteiger partial charge in [0.15, 0.2) is 0 Å². The van der Waals surface area contributed by atoms with Crippen molar-refractivity contribution in [3.63, 3.8) is 0 Å². The minimum Gasteiger partial charge on any atom is -0.302 e. The molecule has 3 heteroatoms. The van der Waals surface area contributed by atoms with Crippen molar-refractivity contribution in [1.82, 2.24) is 4.57 Å². The molecule has 0 aliphatic rings. The largest absolute Gasteiger partial charge is 0.302 e. The van der Waals surface area contributed by atoms with E-state index in [1.807, 2.05) is 24.4 Å². The van der Waals surface area contributed by atoms with Gasteiger partial charge in [-0.15, -0.1) is 0 Å². The zero-order valence-corrected chi connectivity index (χ0v) is 10.5. The number of halogens is 1. The third kappa shape index (κ3) is 2.28. The van der Waals surface area contributed by atoms with Crippen LogP contribution in [0.3, 0.4) is 0 Å². The first kappa shape index (κ1) is 10.4. The summed E-state index contributed by atoms with van der Waals surface area (Å²) < 4.78 is 3.30. The third-order valence-corrected chi connectivity index (χ3v) is 2.89. The van der Waals surface area contributed by atoms with Crippen molar-refractivity contribution in [3.05, 3.63) is 57.7 Å². The molecule has 1 aromatic carbocycles. The predicted molar refractivity (Wildman–Crippen MR) is 70.0 cm³/mol. The predicted octanol–water partition coefficient (Wildman–Crippen LogP) is 2.61. The van der Waals surface area contributed by atoms with Gasteiger partial charge >= 0.3 is 0 Å². The Kier molecular flexibility index (Phi) is 3.20. The number of benzene rings is 1. The fourth-order valence-electron chi connectivity index (χ4n) is 1.44. The molecule has 1 heterocycles. The number of hydrogen-bond donors (Lipinski definition) is 0. The Hall–Kier alpha value is -1.10. The molecule has 0 fully saturated rings. The van der Waals surface area contributed by atoms with Crippen LogP contribution in [-0.2, 0) is 0 Å². The first-order valence-corrected chi connectivity index (χ1v) is 5.75. The minimum atomic E-state index is 0.957. The lowest BCUT2D eigenvalue weighted by atomic mass is 10.3. The van der Waals surface area contributed by atoms with E-state index in [4.69, 9.17) is 0 Å². The molecule has 2 aromatic rings. The van der Waals surface area contributed by atoms with E-state index < -0.39 is 0 Å². The lowest BCUT2D eigenvalue weighted by molar-refractivity contribution is 0.938. The van der Waals surface area contributed by atoms with E-state index in [0.29, 0.717) is 0 Å². The van der Waals surface area contributed by atoms with Crippen LogP contribution < -0.4 is 5.49 Å². The number of aromatic nitrogens is 1. The van der Waals surface area contributed by atoms with E-state index in [9.17, 15) is 0 Å². The van der Waals surface area contributed by atoms with Crippen molar-refractivity contribution in [1.29, 1.82) is 0 Å². The first-order chi connectivity index (χ1) is 7.31. The quantitative estimate of drug-likeness (QED) is 0.721. The summed E-state index contributed by atoms with van der Waals surface area (Å²) >= 11 is 2.30. The summed E-state index contributed by atoms with van der Waals surface area (Å²) in [5.41, 5.74) is 2.09. The number of hydrogen-bond acceptors (Lipinski definition) is 1. The van der Waals surface area contributed by atoms with Gasteiger partial charge in [-0.2, -0.15) is 0 Å². The second-order valence-corrected chi connectivity index (χ2v) is 4.37. The van der Waals surface area contributed by atoms with Crippen LogP contribution in [0.25, 0.3) is 5.69 Å². The standard InChI is InChI=1S/C12H11IN2/c1-14-12-4-2-3-9-15(12)11-7-5-10(13)6-8-11/h2-9H,1H3/b14-12+. The third-order valence-electron chi connectivity index (χ3n) is 2.17. The van der Waals surface area contributed by atoms with Gasteiger partial charge in [-0.25, -0.2) is 0 Å². The van der Waals surface area contributed by atoms with Crippen molar-refractivity contribution >= 4 is 22.6 Å². The number of pyridine rings is 1. The molecule has 15 heavy (non-hydrogen) atoms. The highest BCUT2D eigenvalue weighted by atomic mass is 127. The molecule has 0 N–H and O–H groups in total. The summed E-state index contributed by atoms with van der Waals surface area (Å²) in [4.78, 5) is 4.23. The first-order valence-electron chi connectivity index (χ1n) is 4.68. The summed E-state index contributed by atoms with van der Waals surface area (Å²) in [6.45, 7) is 0. The number of nitrogens with zero attached hydrogens (tertiary/aromatic N) is 2. The van der Waals surface area contributed by atoms with Gasteiger partial charge in [0, 0.05) is 22.5 Å². The van der Waals surface area contributed by atoms with Crippen LogP contribution in [0, 0.1) is 3.57 Å². The van der Waals surface area contributed by atoms with Gasteiger partial charge in [0.25, 0.3) is 0 Å². The fraction of sp³-hybridized carbons (Fsp3) is 0.0833. The van der Waals surface area contributed by atoms with Crippen molar-refractivity contribution in [2.45, 2.75) is 0 Å². The minimum absolute atomic E-state index is 0.957.